The van der Waals surface area contributed by atoms with Crippen LogP contribution in [0.2, 0.25) is 0 Å². The van der Waals surface area contributed by atoms with Gasteiger partial charge in [0.1, 0.15) is 5.75 Å². The minimum Gasteiger partial charge on any atom is -0.508 e. The predicted molar refractivity (Wildman–Crippen MR) is 79.4 cm³/mol. The number of carbonyl (C=O) groups excluding carboxylic acids is 1. The second-order valence-electron chi connectivity index (χ2n) is 4.44. The highest BCUT2D eigenvalue weighted by Crippen LogP contribution is 2.12. The van der Waals surface area contributed by atoms with Crippen LogP contribution in [0.5, 0.6) is 5.75 Å². The zero-order valence-corrected chi connectivity index (χ0v) is 11.0. The number of hydrogen-bond donors (Lipinski definition) is 2. The van der Waals surface area contributed by atoms with Crippen LogP contribution in [0.25, 0.3) is 0 Å². The van der Waals surface area contributed by atoms with Gasteiger partial charge in [-0.25, -0.2) is 0 Å². The number of benzene rings is 2. The Hall–Kier alpha value is -2.73. The standard InChI is InChI=1S/C17H15NO2/c1-2-13-3-8-15(9-4-13)18-17(20)12-7-14-5-10-16(19)11-6-14/h1,3-6,8-11,19H,7,12H2,(H,18,20). The minimum absolute atomic E-state index is 0.0495. The molecule has 20 heavy (non-hydrogen) atoms. The van der Waals surface area contributed by atoms with Gasteiger partial charge in [-0.2, -0.15) is 0 Å². The molecule has 2 rings (SSSR count). The number of amides is 1. The largest absolute Gasteiger partial charge is 0.508 e. The Morgan fingerprint density at radius 3 is 2.35 bits per heavy atom. The molecule has 0 saturated carbocycles. The first-order chi connectivity index (χ1) is 9.67. The molecule has 0 aromatic heterocycles. The van der Waals surface area contributed by atoms with E-state index in [9.17, 15) is 9.90 Å². The highest BCUT2D eigenvalue weighted by atomic mass is 16.3. The minimum atomic E-state index is -0.0495. The molecule has 0 heterocycles. The van der Waals surface area contributed by atoms with Gasteiger partial charge in [-0.3, -0.25) is 4.79 Å². The average Bonchev–Trinajstić information content (AvgIpc) is 2.47. The molecule has 1 amide bonds. The number of carbonyl (C=O) groups is 1. The number of aromatic hydroxyl groups is 1. The Morgan fingerprint density at radius 2 is 1.75 bits per heavy atom. The van der Waals surface area contributed by atoms with E-state index >= 15 is 0 Å². The van der Waals surface area contributed by atoms with Gasteiger partial charge in [-0.15, -0.1) is 6.42 Å². The molecular weight excluding hydrogens is 250 g/mol. The van der Waals surface area contributed by atoms with Crippen LogP contribution in [0.4, 0.5) is 5.69 Å². The smallest absolute Gasteiger partial charge is 0.224 e. The molecule has 0 radical (unpaired) electrons. The van der Waals surface area contributed by atoms with Crippen LogP contribution in [0.3, 0.4) is 0 Å². The van der Waals surface area contributed by atoms with Crippen LogP contribution in [-0.4, -0.2) is 11.0 Å². The molecule has 0 atom stereocenters. The molecule has 100 valence electrons. The van der Waals surface area contributed by atoms with Crippen LogP contribution in [-0.2, 0) is 11.2 Å². The number of anilines is 1. The molecule has 3 heteroatoms. The Morgan fingerprint density at radius 1 is 1.10 bits per heavy atom. The molecule has 0 spiro atoms. The lowest BCUT2D eigenvalue weighted by atomic mass is 10.1. The quantitative estimate of drug-likeness (QED) is 0.835. The number of nitrogens with one attached hydrogen (secondary N) is 1. The van der Waals surface area contributed by atoms with Gasteiger partial charge in [0.25, 0.3) is 0 Å². The molecule has 0 saturated heterocycles. The summed E-state index contributed by atoms with van der Waals surface area (Å²) in [6.45, 7) is 0. The fourth-order valence-electron chi connectivity index (χ4n) is 1.79. The molecule has 0 aliphatic rings. The summed E-state index contributed by atoms with van der Waals surface area (Å²) in [5.41, 5.74) is 2.53. The van der Waals surface area contributed by atoms with Gasteiger partial charge >= 0.3 is 0 Å². The molecule has 0 fully saturated rings. The van der Waals surface area contributed by atoms with E-state index in [1.54, 1.807) is 36.4 Å². The third-order valence-corrected chi connectivity index (χ3v) is 2.91. The first kappa shape index (κ1) is 13.7. The lowest BCUT2D eigenvalue weighted by molar-refractivity contribution is -0.116. The molecule has 0 unspecified atom stereocenters. The first-order valence-electron chi connectivity index (χ1n) is 6.32. The molecular formula is C17H15NO2. The van der Waals surface area contributed by atoms with E-state index in [1.807, 2.05) is 12.1 Å². The van der Waals surface area contributed by atoms with Crippen molar-refractivity contribution >= 4 is 11.6 Å². The Bertz CT molecular complexity index is 622. The van der Waals surface area contributed by atoms with E-state index in [2.05, 4.69) is 11.2 Å². The van der Waals surface area contributed by atoms with Gasteiger partial charge in [0.2, 0.25) is 5.91 Å². The normalized spacial score (nSPS) is 9.75. The van der Waals surface area contributed by atoms with E-state index < -0.39 is 0 Å². The summed E-state index contributed by atoms with van der Waals surface area (Å²) in [7, 11) is 0. The summed E-state index contributed by atoms with van der Waals surface area (Å²) in [6.07, 6.45) is 6.29. The van der Waals surface area contributed by atoms with Crippen LogP contribution in [0.15, 0.2) is 48.5 Å². The summed E-state index contributed by atoms with van der Waals surface area (Å²) in [5, 5.41) is 12.0. The Labute approximate surface area is 118 Å². The summed E-state index contributed by atoms with van der Waals surface area (Å²) in [5.74, 6) is 2.70. The summed E-state index contributed by atoms with van der Waals surface area (Å²) in [6, 6.07) is 14.0. The van der Waals surface area contributed by atoms with E-state index in [0.29, 0.717) is 12.8 Å². The maximum atomic E-state index is 11.8. The van der Waals surface area contributed by atoms with Gasteiger partial charge in [-0.05, 0) is 48.4 Å². The van der Waals surface area contributed by atoms with Crippen LogP contribution in [0.1, 0.15) is 17.5 Å². The molecule has 0 aliphatic heterocycles. The van der Waals surface area contributed by atoms with Gasteiger partial charge < -0.3 is 10.4 Å². The lowest BCUT2D eigenvalue weighted by Crippen LogP contribution is -2.12. The van der Waals surface area contributed by atoms with Crippen molar-refractivity contribution in [3.63, 3.8) is 0 Å². The highest BCUT2D eigenvalue weighted by Gasteiger charge is 2.03. The molecule has 0 bridgehead atoms. The second kappa shape index (κ2) is 6.44. The second-order valence-corrected chi connectivity index (χ2v) is 4.44. The molecule has 0 aliphatic carbocycles. The van der Waals surface area contributed by atoms with E-state index in [-0.39, 0.29) is 11.7 Å². The number of terminal acetylenes is 1. The van der Waals surface area contributed by atoms with E-state index in [0.717, 1.165) is 16.8 Å². The zero-order chi connectivity index (χ0) is 14.4. The van der Waals surface area contributed by atoms with Crippen molar-refractivity contribution in [3.8, 4) is 18.1 Å². The van der Waals surface area contributed by atoms with Crippen LogP contribution in [0, 0.1) is 12.3 Å². The highest BCUT2D eigenvalue weighted by molar-refractivity contribution is 5.90. The van der Waals surface area contributed by atoms with Crippen molar-refractivity contribution in [2.75, 3.05) is 5.32 Å². The monoisotopic (exact) mass is 265 g/mol. The van der Waals surface area contributed by atoms with Crippen molar-refractivity contribution in [2.45, 2.75) is 12.8 Å². The van der Waals surface area contributed by atoms with Crippen molar-refractivity contribution in [3.05, 3.63) is 59.7 Å². The van der Waals surface area contributed by atoms with E-state index in [1.165, 1.54) is 0 Å². The fourth-order valence-corrected chi connectivity index (χ4v) is 1.79. The van der Waals surface area contributed by atoms with Crippen molar-refractivity contribution in [1.29, 1.82) is 0 Å². The maximum Gasteiger partial charge on any atom is 0.224 e. The van der Waals surface area contributed by atoms with Crippen molar-refractivity contribution in [1.82, 2.24) is 0 Å². The zero-order valence-electron chi connectivity index (χ0n) is 11.0. The molecule has 2 aromatic rings. The van der Waals surface area contributed by atoms with Gasteiger partial charge in [0.05, 0.1) is 0 Å². The summed E-state index contributed by atoms with van der Waals surface area (Å²) >= 11 is 0. The topological polar surface area (TPSA) is 49.3 Å². The number of hydrogen-bond acceptors (Lipinski definition) is 2. The van der Waals surface area contributed by atoms with E-state index in [4.69, 9.17) is 6.42 Å². The van der Waals surface area contributed by atoms with Gasteiger partial charge in [0, 0.05) is 17.7 Å². The number of phenols is 1. The average molecular weight is 265 g/mol. The summed E-state index contributed by atoms with van der Waals surface area (Å²) in [4.78, 5) is 11.8. The third-order valence-electron chi connectivity index (χ3n) is 2.91. The first-order valence-corrected chi connectivity index (χ1v) is 6.32. The van der Waals surface area contributed by atoms with Crippen LogP contribution < -0.4 is 5.32 Å². The maximum absolute atomic E-state index is 11.8. The van der Waals surface area contributed by atoms with Crippen molar-refractivity contribution in [2.24, 2.45) is 0 Å². The lowest BCUT2D eigenvalue weighted by Gasteiger charge is -2.05. The number of rotatable bonds is 4. The Kier molecular flexibility index (Phi) is 4.41. The summed E-state index contributed by atoms with van der Waals surface area (Å²) < 4.78 is 0. The van der Waals surface area contributed by atoms with Gasteiger partial charge in [0.15, 0.2) is 0 Å². The molecule has 2 aromatic carbocycles. The van der Waals surface area contributed by atoms with Gasteiger partial charge in [-0.1, -0.05) is 18.1 Å². The Balaban J connectivity index is 1.86. The van der Waals surface area contributed by atoms with Crippen LogP contribution >= 0.6 is 0 Å². The van der Waals surface area contributed by atoms with Crippen molar-refractivity contribution < 1.29 is 9.90 Å². The number of phenolic OH excluding ortho intramolecular Hbond substituents is 1. The SMILES string of the molecule is C#Cc1ccc(NC(=O)CCc2ccc(O)cc2)cc1. The fraction of sp³-hybridized carbons (Fsp3) is 0.118. The number of aryl methyl sites for hydroxylation is 1. The third kappa shape index (κ3) is 3.89. The predicted octanol–water partition coefficient (Wildman–Crippen LogP) is 2.94. The molecule has 2 N–H and O–H groups in total. The molecule has 3 nitrogen and oxygen atoms in total.